The first-order valence-corrected chi connectivity index (χ1v) is 4.62. The number of nitrogens with two attached hydrogens (primary N) is 1. The van der Waals surface area contributed by atoms with Gasteiger partial charge in [0, 0.05) is 24.7 Å². The molecule has 4 heteroatoms. The Morgan fingerprint density at radius 3 is 3.00 bits per heavy atom. The second-order valence-electron chi connectivity index (χ2n) is 3.71. The van der Waals surface area contributed by atoms with Crippen LogP contribution in [0.25, 0.3) is 0 Å². The molecule has 0 saturated heterocycles. The first-order valence-electron chi connectivity index (χ1n) is 4.62. The number of nitrogens with zero attached hydrogens (tertiary/aromatic N) is 2. The van der Waals surface area contributed by atoms with Crippen molar-refractivity contribution in [3.63, 3.8) is 0 Å². The molecule has 0 aromatic carbocycles. The first kappa shape index (κ1) is 8.72. The molecule has 1 aromatic heterocycles. The van der Waals surface area contributed by atoms with Crippen LogP contribution in [0.4, 0.5) is 0 Å². The molecule has 1 heterocycles. The fourth-order valence-electron chi connectivity index (χ4n) is 1.58. The van der Waals surface area contributed by atoms with Crippen LogP contribution in [0.2, 0.25) is 0 Å². The fourth-order valence-corrected chi connectivity index (χ4v) is 1.58. The van der Waals surface area contributed by atoms with Gasteiger partial charge in [0.1, 0.15) is 0 Å². The molecule has 1 aliphatic carbocycles. The molecule has 4 nitrogen and oxygen atoms in total. The largest absolute Gasteiger partial charge is 0.394 e. The number of hydrogen-bond donors (Lipinski definition) is 2. The van der Waals surface area contributed by atoms with Gasteiger partial charge < -0.3 is 10.8 Å². The Morgan fingerprint density at radius 1 is 1.77 bits per heavy atom. The van der Waals surface area contributed by atoms with E-state index < -0.39 is 0 Å². The fraction of sp³-hybridized carbons (Fsp3) is 0.667. The van der Waals surface area contributed by atoms with Crippen LogP contribution in [0, 0.1) is 0 Å². The zero-order valence-electron chi connectivity index (χ0n) is 7.77. The number of aliphatic hydroxyl groups is 1. The quantitative estimate of drug-likeness (QED) is 0.704. The summed E-state index contributed by atoms with van der Waals surface area (Å²) in [5.74, 6) is 0.591. The van der Waals surface area contributed by atoms with E-state index >= 15 is 0 Å². The zero-order chi connectivity index (χ0) is 9.42. The van der Waals surface area contributed by atoms with Gasteiger partial charge in [0.05, 0.1) is 18.3 Å². The van der Waals surface area contributed by atoms with Gasteiger partial charge in [0.2, 0.25) is 0 Å². The monoisotopic (exact) mass is 181 g/mol. The van der Waals surface area contributed by atoms with Crippen molar-refractivity contribution in [2.45, 2.75) is 24.8 Å². The summed E-state index contributed by atoms with van der Waals surface area (Å²) in [5, 5.41) is 13.3. The predicted octanol–water partition coefficient (Wildman–Crippen LogP) is 0.290. The molecule has 1 saturated carbocycles. The summed E-state index contributed by atoms with van der Waals surface area (Å²) in [4.78, 5) is 0. The highest BCUT2D eigenvalue weighted by atomic mass is 16.3. The third kappa shape index (κ3) is 1.59. The molecule has 1 fully saturated rings. The molecule has 2 rings (SSSR count). The van der Waals surface area contributed by atoms with E-state index in [1.807, 2.05) is 13.2 Å². The highest BCUT2D eigenvalue weighted by Gasteiger charge is 2.30. The van der Waals surface area contributed by atoms with Crippen LogP contribution in [0.3, 0.4) is 0 Å². The minimum absolute atomic E-state index is 0.00852. The molecule has 3 N–H and O–H groups in total. The highest BCUT2D eigenvalue weighted by molar-refractivity contribution is 5.27. The molecule has 0 radical (unpaired) electrons. The number of hydrogen-bond acceptors (Lipinski definition) is 3. The Balaban J connectivity index is 2.30. The average molecular weight is 181 g/mol. The SMILES string of the molecule is Cn1cc(C(N)CO)c(C2CC2)n1. The smallest absolute Gasteiger partial charge is 0.0703 e. The van der Waals surface area contributed by atoms with E-state index in [9.17, 15) is 0 Å². The van der Waals surface area contributed by atoms with Gasteiger partial charge in [-0.2, -0.15) is 5.10 Å². The second kappa shape index (κ2) is 3.12. The molecule has 0 aliphatic heterocycles. The minimum atomic E-state index is -0.274. The Hall–Kier alpha value is -0.870. The number of rotatable bonds is 3. The van der Waals surface area contributed by atoms with Crippen molar-refractivity contribution < 1.29 is 5.11 Å². The average Bonchev–Trinajstić information content (AvgIpc) is 2.89. The summed E-state index contributed by atoms with van der Waals surface area (Å²) in [6.07, 6.45) is 4.33. The second-order valence-corrected chi connectivity index (χ2v) is 3.71. The Morgan fingerprint density at radius 2 is 2.46 bits per heavy atom. The van der Waals surface area contributed by atoms with Crippen LogP contribution >= 0.6 is 0 Å². The van der Waals surface area contributed by atoms with Crippen molar-refractivity contribution in [2.75, 3.05) is 6.61 Å². The molecule has 1 aliphatic rings. The molecule has 1 aromatic rings. The van der Waals surface area contributed by atoms with Crippen molar-refractivity contribution >= 4 is 0 Å². The van der Waals surface area contributed by atoms with Crippen molar-refractivity contribution in [1.82, 2.24) is 9.78 Å². The van der Waals surface area contributed by atoms with Gasteiger partial charge >= 0.3 is 0 Å². The molecule has 1 unspecified atom stereocenters. The third-order valence-corrected chi connectivity index (χ3v) is 2.45. The molecule has 13 heavy (non-hydrogen) atoms. The molecule has 72 valence electrons. The van der Waals surface area contributed by atoms with E-state index in [0.717, 1.165) is 11.3 Å². The predicted molar refractivity (Wildman–Crippen MR) is 49.2 cm³/mol. The molecule has 0 amide bonds. The van der Waals surface area contributed by atoms with E-state index in [2.05, 4.69) is 5.10 Å². The number of aryl methyl sites for hydroxylation is 1. The zero-order valence-corrected chi connectivity index (χ0v) is 7.77. The van der Waals surface area contributed by atoms with Gasteiger partial charge in [-0.25, -0.2) is 0 Å². The maximum absolute atomic E-state index is 8.96. The van der Waals surface area contributed by atoms with E-state index in [0.29, 0.717) is 5.92 Å². The van der Waals surface area contributed by atoms with Crippen molar-refractivity contribution in [1.29, 1.82) is 0 Å². The number of aromatic nitrogens is 2. The van der Waals surface area contributed by atoms with Gasteiger partial charge in [0.15, 0.2) is 0 Å². The molecular weight excluding hydrogens is 166 g/mol. The van der Waals surface area contributed by atoms with Crippen LogP contribution in [-0.2, 0) is 7.05 Å². The normalized spacial score (nSPS) is 19.0. The summed E-state index contributed by atoms with van der Waals surface area (Å²) >= 11 is 0. The van der Waals surface area contributed by atoms with Crippen molar-refractivity contribution in [3.05, 3.63) is 17.5 Å². The lowest BCUT2D eigenvalue weighted by atomic mass is 10.1. The van der Waals surface area contributed by atoms with Crippen LogP contribution < -0.4 is 5.73 Å². The molecule has 0 spiro atoms. The third-order valence-electron chi connectivity index (χ3n) is 2.45. The van der Waals surface area contributed by atoms with Gasteiger partial charge in [-0.15, -0.1) is 0 Å². The summed E-state index contributed by atoms with van der Waals surface area (Å²) in [6, 6.07) is -0.274. The van der Waals surface area contributed by atoms with Gasteiger partial charge in [-0.1, -0.05) is 0 Å². The van der Waals surface area contributed by atoms with E-state index in [1.54, 1.807) is 4.68 Å². The number of aliphatic hydroxyl groups excluding tert-OH is 1. The molecule has 0 bridgehead atoms. The van der Waals surface area contributed by atoms with Crippen molar-refractivity contribution in [3.8, 4) is 0 Å². The van der Waals surface area contributed by atoms with Gasteiger partial charge in [-0.3, -0.25) is 4.68 Å². The molecular formula is C9H15N3O. The van der Waals surface area contributed by atoms with E-state index in [1.165, 1.54) is 12.8 Å². The summed E-state index contributed by atoms with van der Waals surface area (Å²) in [6.45, 7) is -0.00852. The lowest BCUT2D eigenvalue weighted by molar-refractivity contribution is 0.267. The standard InChI is InChI=1S/C9H15N3O/c1-12-4-7(8(10)5-13)9(11-12)6-2-3-6/h4,6,8,13H,2-3,5,10H2,1H3. The van der Waals surface area contributed by atoms with E-state index in [-0.39, 0.29) is 12.6 Å². The first-order chi connectivity index (χ1) is 6.22. The summed E-state index contributed by atoms with van der Waals surface area (Å²) < 4.78 is 1.78. The minimum Gasteiger partial charge on any atom is -0.394 e. The van der Waals surface area contributed by atoms with Crippen molar-refractivity contribution in [2.24, 2.45) is 12.8 Å². The van der Waals surface area contributed by atoms with Crippen LogP contribution in [0.1, 0.15) is 36.1 Å². The lowest BCUT2D eigenvalue weighted by Crippen LogP contribution is -2.15. The molecule has 1 atom stereocenters. The van der Waals surface area contributed by atoms with Crippen LogP contribution in [0.15, 0.2) is 6.20 Å². The summed E-state index contributed by atoms with van der Waals surface area (Å²) in [7, 11) is 1.89. The Bertz CT molecular complexity index is 304. The summed E-state index contributed by atoms with van der Waals surface area (Å²) in [5.41, 5.74) is 7.86. The van der Waals surface area contributed by atoms with Crippen LogP contribution in [-0.4, -0.2) is 21.5 Å². The van der Waals surface area contributed by atoms with Gasteiger partial charge in [-0.05, 0) is 12.8 Å². The Labute approximate surface area is 77.4 Å². The maximum Gasteiger partial charge on any atom is 0.0703 e. The lowest BCUT2D eigenvalue weighted by Gasteiger charge is -2.06. The maximum atomic E-state index is 8.96. The van der Waals surface area contributed by atoms with E-state index in [4.69, 9.17) is 10.8 Å². The topological polar surface area (TPSA) is 64.1 Å². The van der Waals surface area contributed by atoms with Gasteiger partial charge in [0.25, 0.3) is 0 Å². The van der Waals surface area contributed by atoms with Crippen LogP contribution in [0.5, 0.6) is 0 Å². The Kier molecular flexibility index (Phi) is 2.09. The highest BCUT2D eigenvalue weighted by Crippen LogP contribution is 2.41.